The highest BCUT2D eigenvalue weighted by molar-refractivity contribution is 6.30. The van der Waals surface area contributed by atoms with Crippen LogP contribution in [0.2, 0.25) is 5.15 Å². The number of alkyl halides is 3. The first-order valence-corrected chi connectivity index (χ1v) is 9.75. The molecule has 0 saturated carbocycles. The second-order valence-electron chi connectivity index (χ2n) is 8.41. The number of rotatable bonds is 3. The molecule has 0 spiro atoms. The molecule has 0 N–H and O–H groups in total. The van der Waals surface area contributed by atoms with E-state index in [2.05, 4.69) is 9.97 Å². The molecule has 1 amide bonds. The molecule has 0 radical (unpaired) electrons. The van der Waals surface area contributed by atoms with Gasteiger partial charge in [-0.2, -0.15) is 13.2 Å². The van der Waals surface area contributed by atoms with Gasteiger partial charge in [0.1, 0.15) is 22.1 Å². The second-order valence-corrected chi connectivity index (χ2v) is 8.76. The lowest BCUT2D eigenvalue weighted by Crippen LogP contribution is -2.44. The van der Waals surface area contributed by atoms with Gasteiger partial charge in [0.25, 0.3) is 0 Å². The maximum atomic E-state index is 12.9. The largest absolute Gasteiger partial charge is 0.444 e. The van der Waals surface area contributed by atoms with Gasteiger partial charge in [0, 0.05) is 25.2 Å². The standard InChI is InChI=1S/C19H27ClF3N3O2/c1-11(12(2)16-24-9-14(15(20)25-16)19(21,22)23)13-7-6-8-26(10-13)17(27)28-18(3,4)5/h9,11-13H,6-8,10H2,1-5H3/t11?,12?,13-/m0/s1. The van der Waals surface area contributed by atoms with Crippen molar-refractivity contribution < 1.29 is 22.7 Å². The van der Waals surface area contributed by atoms with E-state index in [1.807, 2.05) is 34.6 Å². The Kier molecular flexibility index (Phi) is 6.84. The van der Waals surface area contributed by atoms with E-state index in [1.165, 1.54) is 0 Å². The third kappa shape index (κ3) is 5.72. The Labute approximate surface area is 168 Å². The molecule has 2 unspecified atom stereocenters. The zero-order valence-corrected chi connectivity index (χ0v) is 17.6. The molecule has 0 aliphatic carbocycles. The fraction of sp³-hybridized carbons (Fsp3) is 0.737. The van der Waals surface area contributed by atoms with Crippen molar-refractivity contribution in [3.63, 3.8) is 0 Å². The predicted molar refractivity (Wildman–Crippen MR) is 100 cm³/mol. The van der Waals surface area contributed by atoms with Crippen LogP contribution < -0.4 is 0 Å². The Bertz CT molecular complexity index is 707. The molecule has 28 heavy (non-hydrogen) atoms. The zero-order chi connectivity index (χ0) is 21.3. The van der Waals surface area contributed by atoms with E-state index in [-0.39, 0.29) is 29.7 Å². The topological polar surface area (TPSA) is 55.3 Å². The summed E-state index contributed by atoms with van der Waals surface area (Å²) in [7, 11) is 0. The smallest absolute Gasteiger partial charge is 0.420 e. The van der Waals surface area contributed by atoms with Crippen molar-refractivity contribution in [2.45, 2.75) is 65.2 Å². The molecule has 2 heterocycles. The van der Waals surface area contributed by atoms with Crippen LogP contribution in [0.15, 0.2) is 6.20 Å². The highest BCUT2D eigenvalue weighted by Gasteiger charge is 2.36. The minimum atomic E-state index is -4.58. The van der Waals surface area contributed by atoms with Crippen molar-refractivity contribution in [3.8, 4) is 0 Å². The zero-order valence-electron chi connectivity index (χ0n) is 16.8. The van der Waals surface area contributed by atoms with Crippen LogP contribution in [-0.2, 0) is 10.9 Å². The van der Waals surface area contributed by atoms with Gasteiger partial charge in [0.2, 0.25) is 0 Å². The van der Waals surface area contributed by atoms with Gasteiger partial charge in [-0.05, 0) is 45.4 Å². The summed E-state index contributed by atoms with van der Waals surface area (Å²) < 4.78 is 44.0. The fourth-order valence-corrected chi connectivity index (χ4v) is 3.60. The number of halogens is 4. The van der Waals surface area contributed by atoms with Crippen molar-refractivity contribution in [3.05, 3.63) is 22.7 Å². The molecule has 1 saturated heterocycles. The first-order valence-electron chi connectivity index (χ1n) is 9.37. The van der Waals surface area contributed by atoms with Crippen molar-refractivity contribution >= 4 is 17.7 Å². The lowest BCUT2D eigenvalue weighted by molar-refractivity contribution is -0.138. The van der Waals surface area contributed by atoms with Gasteiger partial charge in [-0.25, -0.2) is 14.8 Å². The number of piperidine rings is 1. The number of hydrogen-bond acceptors (Lipinski definition) is 4. The van der Waals surface area contributed by atoms with Gasteiger partial charge >= 0.3 is 12.3 Å². The van der Waals surface area contributed by atoms with Gasteiger partial charge in [-0.3, -0.25) is 0 Å². The maximum absolute atomic E-state index is 12.9. The molecule has 9 heteroatoms. The third-order valence-electron chi connectivity index (χ3n) is 5.12. The summed E-state index contributed by atoms with van der Waals surface area (Å²) in [4.78, 5) is 21.8. The van der Waals surface area contributed by atoms with E-state index in [1.54, 1.807) is 4.90 Å². The minimum absolute atomic E-state index is 0.0537. The Morgan fingerprint density at radius 2 is 1.96 bits per heavy atom. The monoisotopic (exact) mass is 421 g/mol. The Morgan fingerprint density at radius 3 is 2.50 bits per heavy atom. The highest BCUT2D eigenvalue weighted by Crippen LogP contribution is 2.37. The van der Waals surface area contributed by atoms with Crippen LogP contribution in [-0.4, -0.2) is 39.7 Å². The molecule has 158 valence electrons. The average molecular weight is 422 g/mol. The summed E-state index contributed by atoms with van der Waals surface area (Å²) >= 11 is 5.73. The van der Waals surface area contributed by atoms with Crippen LogP contribution in [0.3, 0.4) is 0 Å². The summed E-state index contributed by atoms with van der Waals surface area (Å²) in [5.74, 6) is 0.294. The van der Waals surface area contributed by atoms with Gasteiger partial charge in [-0.1, -0.05) is 25.4 Å². The number of likely N-dealkylation sites (tertiary alicyclic amines) is 1. The number of carbonyl (C=O) groups is 1. The number of carbonyl (C=O) groups excluding carboxylic acids is 1. The number of aromatic nitrogens is 2. The molecule has 1 aliphatic rings. The quantitative estimate of drug-likeness (QED) is 0.601. The molecule has 0 aromatic carbocycles. The van der Waals surface area contributed by atoms with Crippen LogP contribution in [0, 0.1) is 11.8 Å². The maximum Gasteiger partial charge on any atom is 0.420 e. The molecule has 1 fully saturated rings. The average Bonchev–Trinajstić information content (AvgIpc) is 2.58. The van der Waals surface area contributed by atoms with E-state index in [4.69, 9.17) is 16.3 Å². The third-order valence-corrected chi connectivity index (χ3v) is 5.40. The van der Waals surface area contributed by atoms with Crippen LogP contribution in [0.1, 0.15) is 64.8 Å². The molecular formula is C19H27ClF3N3O2. The second kappa shape index (κ2) is 8.43. The van der Waals surface area contributed by atoms with Gasteiger partial charge < -0.3 is 9.64 Å². The summed E-state index contributed by atoms with van der Waals surface area (Å²) in [5, 5.41) is -0.587. The number of hydrogen-bond donors (Lipinski definition) is 0. The number of amides is 1. The van der Waals surface area contributed by atoms with Crippen molar-refractivity contribution in [2.75, 3.05) is 13.1 Å². The van der Waals surface area contributed by atoms with Crippen LogP contribution in [0.4, 0.5) is 18.0 Å². The molecular weight excluding hydrogens is 395 g/mol. The van der Waals surface area contributed by atoms with Crippen LogP contribution in [0.25, 0.3) is 0 Å². The molecule has 0 bridgehead atoms. The van der Waals surface area contributed by atoms with Crippen molar-refractivity contribution in [1.29, 1.82) is 0 Å². The van der Waals surface area contributed by atoms with E-state index in [9.17, 15) is 18.0 Å². The van der Waals surface area contributed by atoms with Crippen LogP contribution >= 0.6 is 11.6 Å². The van der Waals surface area contributed by atoms with E-state index in [0.717, 1.165) is 19.0 Å². The lowest BCUT2D eigenvalue weighted by Gasteiger charge is -2.38. The first kappa shape index (κ1) is 22.7. The molecule has 2 rings (SSSR count). The first-order chi connectivity index (χ1) is 12.8. The van der Waals surface area contributed by atoms with E-state index >= 15 is 0 Å². The Balaban J connectivity index is 2.09. The normalized spacial score (nSPS) is 20.6. The van der Waals surface area contributed by atoms with Gasteiger partial charge in [0.15, 0.2) is 0 Å². The van der Waals surface area contributed by atoms with E-state index < -0.39 is 22.5 Å². The summed E-state index contributed by atoms with van der Waals surface area (Å²) in [6, 6.07) is 0. The number of nitrogens with zero attached hydrogens (tertiary/aromatic N) is 3. The molecule has 1 aromatic heterocycles. The number of ether oxygens (including phenoxy) is 1. The molecule has 1 aliphatic heterocycles. The van der Waals surface area contributed by atoms with E-state index in [0.29, 0.717) is 13.1 Å². The SMILES string of the molecule is CC(c1ncc(C(F)(F)F)c(Cl)n1)C(C)[C@H]1CCCN(C(=O)OC(C)(C)C)C1. The fourth-order valence-electron chi connectivity index (χ4n) is 3.36. The predicted octanol–water partition coefficient (Wildman–Crippen LogP) is 5.54. The van der Waals surface area contributed by atoms with Gasteiger partial charge in [-0.15, -0.1) is 0 Å². The summed E-state index contributed by atoms with van der Waals surface area (Å²) in [5.41, 5.74) is -1.60. The minimum Gasteiger partial charge on any atom is -0.444 e. The lowest BCUT2D eigenvalue weighted by atomic mass is 9.79. The summed E-state index contributed by atoms with van der Waals surface area (Å²) in [6.45, 7) is 10.5. The molecule has 3 atom stereocenters. The van der Waals surface area contributed by atoms with Crippen LogP contribution in [0.5, 0.6) is 0 Å². The Morgan fingerprint density at radius 1 is 1.32 bits per heavy atom. The Hall–Kier alpha value is -1.57. The van der Waals surface area contributed by atoms with Crippen molar-refractivity contribution in [2.24, 2.45) is 11.8 Å². The molecule has 1 aromatic rings. The summed E-state index contributed by atoms with van der Waals surface area (Å²) in [6.07, 6.45) is -2.43. The van der Waals surface area contributed by atoms with Gasteiger partial charge in [0.05, 0.1) is 0 Å². The highest BCUT2D eigenvalue weighted by atomic mass is 35.5. The molecule has 5 nitrogen and oxygen atoms in total. The van der Waals surface area contributed by atoms with Crippen molar-refractivity contribution in [1.82, 2.24) is 14.9 Å².